The van der Waals surface area contributed by atoms with Crippen LogP contribution in [0.15, 0.2) is 22.8 Å². The molecule has 0 saturated heterocycles. The van der Waals surface area contributed by atoms with Gasteiger partial charge in [-0.05, 0) is 19.1 Å². The van der Waals surface area contributed by atoms with Gasteiger partial charge in [-0.2, -0.15) is 0 Å². The molecule has 1 heterocycles. The molecule has 0 bridgehead atoms. The van der Waals surface area contributed by atoms with Crippen LogP contribution in [0.3, 0.4) is 0 Å². The van der Waals surface area contributed by atoms with Crippen molar-refractivity contribution in [1.29, 1.82) is 0 Å². The van der Waals surface area contributed by atoms with Crippen molar-refractivity contribution in [2.75, 3.05) is 13.7 Å². The summed E-state index contributed by atoms with van der Waals surface area (Å²) in [6, 6.07) is 3.05. The average molecular weight is 212 g/mol. The summed E-state index contributed by atoms with van der Waals surface area (Å²) in [6.45, 7) is 2.14. The Balaban J connectivity index is 2.54. The zero-order chi connectivity index (χ0) is 11.3. The topological polar surface area (TPSA) is 77.5 Å². The minimum absolute atomic E-state index is 0.0763. The Morgan fingerprint density at radius 3 is 2.93 bits per heavy atom. The quantitative estimate of drug-likeness (QED) is 0.716. The van der Waals surface area contributed by atoms with Crippen molar-refractivity contribution in [2.45, 2.75) is 19.0 Å². The van der Waals surface area contributed by atoms with Gasteiger partial charge in [-0.3, -0.25) is 10.1 Å². The lowest BCUT2D eigenvalue weighted by molar-refractivity contribution is -0.121. The van der Waals surface area contributed by atoms with Crippen molar-refractivity contribution in [3.8, 4) is 0 Å². The molecule has 2 unspecified atom stereocenters. The maximum absolute atomic E-state index is 11.0. The Morgan fingerprint density at radius 1 is 1.73 bits per heavy atom. The van der Waals surface area contributed by atoms with E-state index in [4.69, 9.17) is 14.9 Å². The maximum Gasteiger partial charge on any atom is 0.236 e. The molecule has 15 heavy (non-hydrogen) atoms. The number of amides is 1. The Bertz CT molecular complexity index is 298. The van der Waals surface area contributed by atoms with E-state index in [-0.39, 0.29) is 12.6 Å². The lowest BCUT2D eigenvalue weighted by Gasteiger charge is -2.18. The molecular formula is C10H16N2O3. The van der Waals surface area contributed by atoms with Crippen LogP contribution in [0.4, 0.5) is 0 Å². The summed E-state index contributed by atoms with van der Waals surface area (Å²) in [5.74, 6) is 0.326. The van der Waals surface area contributed by atoms with Crippen molar-refractivity contribution >= 4 is 5.91 Å². The van der Waals surface area contributed by atoms with Gasteiger partial charge in [0.2, 0.25) is 5.91 Å². The van der Waals surface area contributed by atoms with Gasteiger partial charge in [0.25, 0.3) is 0 Å². The smallest absolute Gasteiger partial charge is 0.236 e. The lowest BCUT2D eigenvalue weighted by atomic mass is 10.2. The van der Waals surface area contributed by atoms with Crippen molar-refractivity contribution in [3.63, 3.8) is 0 Å². The highest BCUT2D eigenvalue weighted by Gasteiger charge is 2.19. The van der Waals surface area contributed by atoms with Crippen LogP contribution in [0, 0.1) is 0 Å². The number of carbonyl (C=O) groups excluding carboxylic acids is 1. The molecule has 0 fully saturated rings. The van der Waals surface area contributed by atoms with Gasteiger partial charge in [-0.1, -0.05) is 0 Å². The van der Waals surface area contributed by atoms with E-state index in [2.05, 4.69) is 5.32 Å². The van der Waals surface area contributed by atoms with Gasteiger partial charge in [-0.25, -0.2) is 0 Å². The fourth-order valence-corrected chi connectivity index (χ4v) is 1.30. The van der Waals surface area contributed by atoms with E-state index >= 15 is 0 Å². The molecule has 1 aromatic heterocycles. The lowest BCUT2D eigenvalue weighted by Crippen LogP contribution is -2.45. The Hall–Kier alpha value is -1.33. The molecular weight excluding hydrogens is 196 g/mol. The van der Waals surface area contributed by atoms with E-state index in [0.717, 1.165) is 5.76 Å². The normalized spacial score (nSPS) is 14.8. The first-order valence-electron chi connectivity index (χ1n) is 4.73. The summed E-state index contributed by atoms with van der Waals surface area (Å²) in [6.07, 6.45) is 1.59. The molecule has 0 aromatic carbocycles. The molecule has 1 aromatic rings. The summed E-state index contributed by atoms with van der Waals surface area (Å²) in [4.78, 5) is 11.0. The van der Waals surface area contributed by atoms with Gasteiger partial charge in [-0.15, -0.1) is 0 Å². The van der Waals surface area contributed by atoms with Crippen LogP contribution in [0.5, 0.6) is 0 Å². The zero-order valence-electron chi connectivity index (χ0n) is 8.90. The predicted octanol–water partition coefficient (Wildman–Crippen LogP) is 0.430. The molecule has 5 heteroatoms. The number of nitrogens with two attached hydrogens (primary N) is 1. The third-order valence-corrected chi connectivity index (χ3v) is 2.10. The molecule has 0 aliphatic heterocycles. The number of rotatable bonds is 6. The highest BCUT2D eigenvalue weighted by atomic mass is 16.5. The first-order chi connectivity index (χ1) is 7.15. The van der Waals surface area contributed by atoms with E-state index < -0.39 is 11.9 Å². The van der Waals surface area contributed by atoms with E-state index in [1.54, 1.807) is 12.3 Å². The summed E-state index contributed by atoms with van der Waals surface area (Å²) in [5, 5.41) is 3.03. The minimum atomic E-state index is -0.505. The molecule has 3 N–H and O–H groups in total. The van der Waals surface area contributed by atoms with Crippen LogP contribution in [-0.4, -0.2) is 25.7 Å². The van der Waals surface area contributed by atoms with Gasteiger partial charge in [0.05, 0.1) is 18.9 Å². The Labute approximate surface area is 88.6 Å². The molecule has 1 rings (SSSR count). The van der Waals surface area contributed by atoms with Crippen LogP contribution in [0.1, 0.15) is 18.7 Å². The van der Waals surface area contributed by atoms with Crippen LogP contribution in [0.25, 0.3) is 0 Å². The van der Waals surface area contributed by atoms with Crippen molar-refractivity contribution in [3.05, 3.63) is 24.2 Å². The molecule has 0 aliphatic carbocycles. The van der Waals surface area contributed by atoms with Crippen molar-refractivity contribution in [1.82, 2.24) is 5.32 Å². The standard InChI is InChI=1S/C10H16N2O3/c1-7(9-4-3-5-15-9)12-8(6-14-2)10(11)13/h3-5,7-8,12H,6H2,1-2H3,(H2,11,13). The first-order valence-corrected chi connectivity index (χ1v) is 4.73. The zero-order valence-corrected chi connectivity index (χ0v) is 8.90. The number of hydrogen-bond acceptors (Lipinski definition) is 4. The highest BCUT2D eigenvalue weighted by Crippen LogP contribution is 2.12. The van der Waals surface area contributed by atoms with E-state index in [1.165, 1.54) is 7.11 Å². The van der Waals surface area contributed by atoms with Gasteiger partial charge >= 0.3 is 0 Å². The van der Waals surface area contributed by atoms with E-state index in [9.17, 15) is 4.79 Å². The second kappa shape index (κ2) is 5.53. The monoisotopic (exact) mass is 212 g/mol. The fraction of sp³-hybridized carbons (Fsp3) is 0.500. The molecule has 5 nitrogen and oxygen atoms in total. The number of methoxy groups -OCH3 is 1. The van der Waals surface area contributed by atoms with E-state index in [0.29, 0.717) is 0 Å². The molecule has 0 saturated carbocycles. The third-order valence-electron chi connectivity index (χ3n) is 2.10. The van der Waals surface area contributed by atoms with Crippen LogP contribution >= 0.6 is 0 Å². The highest BCUT2D eigenvalue weighted by molar-refractivity contribution is 5.80. The number of furan rings is 1. The van der Waals surface area contributed by atoms with Crippen LogP contribution < -0.4 is 11.1 Å². The Morgan fingerprint density at radius 2 is 2.47 bits per heavy atom. The van der Waals surface area contributed by atoms with Gasteiger partial charge in [0.1, 0.15) is 11.8 Å². The summed E-state index contributed by atoms with van der Waals surface area (Å²) in [7, 11) is 1.52. The summed E-state index contributed by atoms with van der Waals surface area (Å²) >= 11 is 0. The maximum atomic E-state index is 11.0. The average Bonchev–Trinajstić information content (AvgIpc) is 2.69. The first kappa shape index (κ1) is 11.7. The molecule has 0 radical (unpaired) electrons. The van der Waals surface area contributed by atoms with Gasteiger partial charge in [0.15, 0.2) is 0 Å². The van der Waals surface area contributed by atoms with Crippen LogP contribution in [-0.2, 0) is 9.53 Å². The number of primary amides is 1. The molecule has 0 spiro atoms. The SMILES string of the molecule is COCC(NC(C)c1ccco1)C(N)=O. The molecule has 84 valence electrons. The van der Waals surface area contributed by atoms with E-state index in [1.807, 2.05) is 13.0 Å². The van der Waals surface area contributed by atoms with Crippen LogP contribution in [0.2, 0.25) is 0 Å². The summed E-state index contributed by atoms with van der Waals surface area (Å²) < 4.78 is 10.1. The molecule has 2 atom stereocenters. The largest absolute Gasteiger partial charge is 0.468 e. The number of hydrogen-bond donors (Lipinski definition) is 2. The molecule has 0 aliphatic rings. The molecule has 1 amide bonds. The van der Waals surface area contributed by atoms with Crippen molar-refractivity contribution < 1.29 is 13.9 Å². The number of carbonyl (C=O) groups is 1. The predicted molar refractivity (Wildman–Crippen MR) is 55.1 cm³/mol. The Kier molecular flexibility index (Phi) is 4.33. The third kappa shape index (κ3) is 3.38. The number of ether oxygens (including phenoxy) is 1. The summed E-state index contributed by atoms with van der Waals surface area (Å²) in [5.41, 5.74) is 5.21. The van der Waals surface area contributed by atoms with Crippen molar-refractivity contribution in [2.24, 2.45) is 5.73 Å². The second-order valence-corrected chi connectivity index (χ2v) is 3.31. The number of nitrogens with one attached hydrogen (secondary N) is 1. The fourth-order valence-electron chi connectivity index (χ4n) is 1.30. The second-order valence-electron chi connectivity index (χ2n) is 3.31. The van der Waals surface area contributed by atoms with Gasteiger partial charge in [0, 0.05) is 7.11 Å². The minimum Gasteiger partial charge on any atom is -0.468 e. The van der Waals surface area contributed by atoms with Gasteiger partial charge < -0.3 is 14.9 Å².